The highest BCUT2D eigenvalue weighted by Crippen LogP contribution is 2.26. The molecule has 160 valence electrons. The molecular weight excluding hydrogens is 398 g/mol. The Balaban J connectivity index is 1.47. The molecule has 0 unspecified atom stereocenters. The summed E-state index contributed by atoms with van der Waals surface area (Å²) >= 11 is 0. The highest BCUT2D eigenvalue weighted by Gasteiger charge is 2.23. The Morgan fingerprint density at radius 2 is 1.94 bits per heavy atom. The van der Waals surface area contributed by atoms with Crippen molar-refractivity contribution in [3.63, 3.8) is 0 Å². The number of nitrogens with zero attached hydrogens (tertiary/aromatic N) is 3. The predicted octanol–water partition coefficient (Wildman–Crippen LogP) is 4.72. The minimum atomic E-state index is -0.694. The smallest absolute Gasteiger partial charge is 0.340 e. The van der Waals surface area contributed by atoms with E-state index in [9.17, 15) is 4.79 Å². The molecule has 31 heavy (non-hydrogen) atoms. The van der Waals surface area contributed by atoms with Gasteiger partial charge in [-0.3, -0.25) is 0 Å². The van der Waals surface area contributed by atoms with E-state index in [1.807, 2.05) is 48.7 Å². The fourth-order valence-electron chi connectivity index (χ4n) is 3.33. The minimum Gasteiger partial charge on any atom is -0.497 e. The zero-order valence-electron chi connectivity index (χ0n) is 17.8. The summed E-state index contributed by atoms with van der Waals surface area (Å²) in [7, 11) is 1.60. The maximum absolute atomic E-state index is 12.8. The Hall–Kier alpha value is -3.81. The molecule has 3 aromatic heterocycles. The molecule has 8 heteroatoms. The van der Waals surface area contributed by atoms with Crippen molar-refractivity contribution in [1.29, 1.82) is 0 Å². The van der Waals surface area contributed by atoms with E-state index in [-0.39, 0.29) is 5.89 Å². The van der Waals surface area contributed by atoms with Gasteiger partial charge in [0, 0.05) is 17.0 Å². The van der Waals surface area contributed by atoms with Crippen molar-refractivity contribution in [3.8, 4) is 17.2 Å². The lowest BCUT2D eigenvalue weighted by Crippen LogP contribution is -2.11. The van der Waals surface area contributed by atoms with Crippen LogP contribution in [0.25, 0.3) is 11.5 Å². The fourth-order valence-corrected chi connectivity index (χ4v) is 3.33. The van der Waals surface area contributed by atoms with Crippen molar-refractivity contribution in [3.05, 3.63) is 77.3 Å². The number of benzene rings is 1. The average molecular weight is 421 g/mol. The molecule has 0 aliphatic carbocycles. The van der Waals surface area contributed by atoms with Crippen LogP contribution in [-0.4, -0.2) is 27.8 Å². The molecule has 0 fully saturated rings. The number of hydrogen-bond donors (Lipinski definition) is 0. The molecule has 4 rings (SSSR count). The summed E-state index contributed by atoms with van der Waals surface area (Å²) in [6, 6.07) is 12.8. The van der Waals surface area contributed by atoms with Gasteiger partial charge in [-0.1, -0.05) is 0 Å². The molecule has 1 atom stereocenters. The van der Waals surface area contributed by atoms with E-state index in [0.29, 0.717) is 18.0 Å². The number of rotatable bonds is 7. The SMILES string of the molecule is COc1ccc(-c2nnc([C@@H](C)OC(=O)c3cc(C)n(Cc4ccco4)c3C)o2)cc1. The zero-order chi connectivity index (χ0) is 22.0. The summed E-state index contributed by atoms with van der Waals surface area (Å²) < 4.78 is 23.9. The third kappa shape index (κ3) is 4.23. The number of carbonyl (C=O) groups is 1. The zero-order valence-corrected chi connectivity index (χ0v) is 17.8. The molecule has 0 aliphatic rings. The standard InChI is InChI=1S/C23H23N3O5/c1-14-12-20(15(2)26(14)13-19-6-5-11-29-19)23(27)30-16(3)21-24-25-22(31-21)17-7-9-18(28-4)10-8-17/h5-12,16H,13H2,1-4H3/t16-/m1/s1. The molecule has 0 radical (unpaired) electrons. The largest absolute Gasteiger partial charge is 0.497 e. The second kappa shape index (κ2) is 8.51. The number of carbonyl (C=O) groups excluding carboxylic acids is 1. The average Bonchev–Trinajstić information content (AvgIpc) is 3.52. The summed E-state index contributed by atoms with van der Waals surface area (Å²) in [4.78, 5) is 12.8. The highest BCUT2D eigenvalue weighted by molar-refractivity contribution is 5.91. The quantitative estimate of drug-likeness (QED) is 0.399. The van der Waals surface area contributed by atoms with Crippen molar-refractivity contribution >= 4 is 5.97 Å². The summed E-state index contributed by atoms with van der Waals surface area (Å²) in [5.41, 5.74) is 2.98. The fraction of sp³-hybridized carbons (Fsp3) is 0.261. The van der Waals surface area contributed by atoms with Crippen LogP contribution in [-0.2, 0) is 11.3 Å². The van der Waals surface area contributed by atoms with Gasteiger partial charge in [0.1, 0.15) is 11.5 Å². The number of hydrogen-bond acceptors (Lipinski definition) is 7. The van der Waals surface area contributed by atoms with Crippen LogP contribution in [0, 0.1) is 13.8 Å². The number of esters is 1. The summed E-state index contributed by atoms with van der Waals surface area (Å²) in [6.45, 7) is 6.06. The van der Waals surface area contributed by atoms with E-state index in [1.54, 1.807) is 32.4 Å². The lowest BCUT2D eigenvalue weighted by molar-refractivity contribution is 0.0279. The Labute approximate surface area is 179 Å². The Morgan fingerprint density at radius 1 is 1.16 bits per heavy atom. The van der Waals surface area contributed by atoms with Gasteiger partial charge >= 0.3 is 5.97 Å². The van der Waals surface area contributed by atoms with E-state index < -0.39 is 12.1 Å². The molecule has 0 aliphatic heterocycles. The third-order valence-electron chi connectivity index (χ3n) is 5.10. The van der Waals surface area contributed by atoms with E-state index in [2.05, 4.69) is 10.2 Å². The van der Waals surface area contributed by atoms with Crippen molar-refractivity contribution in [1.82, 2.24) is 14.8 Å². The Bertz CT molecular complexity index is 1170. The van der Waals surface area contributed by atoms with E-state index in [1.165, 1.54) is 0 Å². The van der Waals surface area contributed by atoms with Gasteiger partial charge in [-0.05, 0) is 63.2 Å². The molecule has 3 heterocycles. The van der Waals surface area contributed by atoms with Crippen LogP contribution in [0.3, 0.4) is 0 Å². The second-order valence-electron chi connectivity index (χ2n) is 7.17. The first-order valence-corrected chi connectivity index (χ1v) is 9.84. The van der Waals surface area contributed by atoms with Gasteiger partial charge in [0.25, 0.3) is 5.89 Å². The molecule has 0 N–H and O–H groups in total. The maximum atomic E-state index is 12.8. The number of aryl methyl sites for hydroxylation is 1. The lowest BCUT2D eigenvalue weighted by atomic mass is 10.2. The van der Waals surface area contributed by atoms with Crippen molar-refractivity contribution in [2.24, 2.45) is 0 Å². The summed E-state index contributed by atoms with van der Waals surface area (Å²) in [5.74, 6) is 1.67. The Morgan fingerprint density at radius 3 is 2.61 bits per heavy atom. The molecule has 0 bridgehead atoms. The lowest BCUT2D eigenvalue weighted by Gasteiger charge is -2.10. The first kappa shape index (κ1) is 20.5. The molecule has 0 spiro atoms. The third-order valence-corrected chi connectivity index (χ3v) is 5.10. The van der Waals surface area contributed by atoms with Gasteiger partial charge in [0.2, 0.25) is 5.89 Å². The van der Waals surface area contributed by atoms with Gasteiger partial charge in [-0.2, -0.15) is 0 Å². The monoisotopic (exact) mass is 421 g/mol. The molecule has 1 aromatic carbocycles. The molecule has 8 nitrogen and oxygen atoms in total. The van der Waals surface area contributed by atoms with Crippen LogP contribution < -0.4 is 4.74 Å². The van der Waals surface area contributed by atoms with E-state index >= 15 is 0 Å². The van der Waals surface area contributed by atoms with E-state index in [4.69, 9.17) is 18.3 Å². The predicted molar refractivity (Wildman–Crippen MR) is 112 cm³/mol. The van der Waals surface area contributed by atoms with Crippen LogP contribution >= 0.6 is 0 Å². The van der Waals surface area contributed by atoms with E-state index in [0.717, 1.165) is 28.5 Å². The molecule has 0 saturated heterocycles. The van der Waals surface area contributed by atoms with Crippen LogP contribution in [0.15, 0.2) is 57.6 Å². The first-order valence-electron chi connectivity index (χ1n) is 9.84. The molecule has 0 saturated carbocycles. The minimum absolute atomic E-state index is 0.226. The molecule has 4 aromatic rings. The van der Waals surface area contributed by atoms with Crippen molar-refractivity contribution in [2.45, 2.75) is 33.4 Å². The second-order valence-corrected chi connectivity index (χ2v) is 7.17. The topological polar surface area (TPSA) is 92.5 Å². The summed E-state index contributed by atoms with van der Waals surface area (Å²) in [6.07, 6.45) is 0.936. The molecule has 0 amide bonds. The van der Waals surface area contributed by atoms with Gasteiger partial charge < -0.3 is 22.9 Å². The van der Waals surface area contributed by atoms with Gasteiger partial charge in [0.05, 0.1) is 25.5 Å². The number of ether oxygens (including phenoxy) is 2. The summed E-state index contributed by atoms with van der Waals surface area (Å²) in [5, 5.41) is 8.09. The normalized spacial score (nSPS) is 12.0. The first-order chi connectivity index (χ1) is 15.0. The van der Waals surface area contributed by atoms with Crippen LogP contribution in [0.5, 0.6) is 5.75 Å². The van der Waals surface area contributed by atoms with Gasteiger partial charge in [-0.25, -0.2) is 4.79 Å². The van der Waals surface area contributed by atoms with Crippen LogP contribution in [0.1, 0.15) is 46.4 Å². The molecular formula is C23H23N3O5. The maximum Gasteiger partial charge on any atom is 0.340 e. The van der Waals surface area contributed by atoms with Crippen LogP contribution in [0.2, 0.25) is 0 Å². The Kier molecular flexibility index (Phi) is 5.62. The van der Waals surface area contributed by atoms with Crippen molar-refractivity contribution < 1.29 is 23.1 Å². The van der Waals surface area contributed by atoms with Gasteiger partial charge in [0.15, 0.2) is 6.10 Å². The number of furan rings is 1. The van der Waals surface area contributed by atoms with Crippen LogP contribution in [0.4, 0.5) is 0 Å². The van der Waals surface area contributed by atoms with Crippen molar-refractivity contribution in [2.75, 3.05) is 7.11 Å². The number of methoxy groups -OCH3 is 1. The highest BCUT2D eigenvalue weighted by atomic mass is 16.6. The number of aromatic nitrogens is 3. The van der Waals surface area contributed by atoms with Gasteiger partial charge in [-0.15, -0.1) is 10.2 Å².